The number of halogens is 2. The number of rotatable bonds is 5. The Morgan fingerprint density at radius 2 is 1.75 bits per heavy atom. The van der Waals surface area contributed by atoms with Crippen molar-refractivity contribution in [3.05, 3.63) is 65.2 Å². The normalized spacial score (nSPS) is 12.4. The van der Waals surface area contributed by atoms with Crippen molar-refractivity contribution in [1.82, 2.24) is 0 Å². The molecule has 1 atom stereocenters. The van der Waals surface area contributed by atoms with E-state index in [0.29, 0.717) is 0 Å². The third kappa shape index (κ3) is 3.54. The second-order valence-corrected chi connectivity index (χ2v) is 4.52. The van der Waals surface area contributed by atoms with Gasteiger partial charge in [0.1, 0.15) is 5.75 Å². The number of alkyl halides is 2. The molecule has 0 spiro atoms. The number of hydrogen-bond donors (Lipinski definition) is 1. The van der Waals surface area contributed by atoms with Gasteiger partial charge >= 0.3 is 6.61 Å². The van der Waals surface area contributed by atoms with Gasteiger partial charge in [-0.05, 0) is 35.2 Å². The molecule has 2 N–H and O–H groups in total. The lowest BCUT2D eigenvalue weighted by Gasteiger charge is -2.14. The van der Waals surface area contributed by atoms with Gasteiger partial charge < -0.3 is 10.5 Å². The number of ether oxygens (including phenoxy) is 1. The highest BCUT2D eigenvalue weighted by molar-refractivity contribution is 5.37. The Balaban J connectivity index is 2.20. The van der Waals surface area contributed by atoms with Gasteiger partial charge in [0, 0.05) is 0 Å². The number of aryl methyl sites for hydroxylation is 1. The van der Waals surface area contributed by atoms with Crippen molar-refractivity contribution in [2.45, 2.75) is 26.0 Å². The molecular formula is C16H17F2NO. The first-order chi connectivity index (χ1) is 9.60. The van der Waals surface area contributed by atoms with E-state index in [4.69, 9.17) is 5.73 Å². The van der Waals surface area contributed by atoms with Crippen LogP contribution in [0.5, 0.6) is 5.75 Å². The van der Waals surface area contributed by atoms with Crippen LogP contribution in [0.2, 0.25) is 0 Å². The molecule has 2 aromatic carbocycles. The van der Waals surface area contributed by atoms with E-state index in [9.17, 15) is 8.78 Å². The van der Waals surface area contributed by atoms with Gasteiger partial charge in [-0.2, -0.15) is 8.78 Å². The molecule has 0 fully saturated rings. The largest absolute Gasteiger partial charge is 0.435 e. The summed E-state index contributed by atoms with van der Waals surface area (Å²) in [6.45, 7) is -0.745. The van der Waals surface area contributed by atoms with Crippen LogP contribution >= 0.6 is 0 Å². The highest BCUT2D eigenvalue weighted by Gasteiger charge is 2.11. The van der Waals surface area contributed by atoms with Crippen LogP contribution in [0.4, 0.5) is 8.78 Å². The molecule has 2 nitrogen and oxygen atoms in total. The van der Waals surface area contributed by atoms with Gasteiger partial charge in [-0.25, -0.2) is 0 Å². The summed E-state index contributed by atoms with van der Waals surface area (Å²) in [7, 11) is 0. The van der Waals surface area contributed by atoms with Gasteiger partial charge in [0.25, 0.3) is 0 Å². The van der Waals surface area contributed by atoms with Gasteiger partial charge in [-0.15, -0.1) is 0 Å². The lowest BCUT2D eigenvalue weighted by atomic mass is 9.98. The maximum atomic E-state index is 12.2. The molecule has 0 radical (unpaired) electrons. The topological polar surface area (TPSA) is 35.2 Å². The minimum absolute atomic E-state index is 0.123. The van der Waals surface area contributed by atoms with Crippen molar-refractivity contribution in [2.24, 2.45) is 5.73 Å². The Kier molecular flexibility index (Phi) is 4.69. The zero-order valence-electron chi connectivity index (χ0n) is 11.2. The molecule has 0 amide bonds. The van der Waals surface area contributed by atoms with E-state index in [1.807, 2.05) is 24.3 Å². The predicted molar refractivity (Wildman–Crippen MR) is 74.9 cm³/mol. The van der Waals surface area contributed by atoms with E-state index in [1.165, 1.54) is 11.6 Å². The molecule has 0 aliphatic rings. The molecule has 1 unspecified atom stereocenters. The second-order valence-electron chi connectivity index (χ2n) is 4.52. The van der Waals surface area contributed by atoms with Gasteiger partial charge in [0.15, 0.2) is 0 Å². The van der Waals surface area contributed by atoms with Crippen LogP contribution in [-0.4, -0.2) is 6.61 Å². The van der Waals surface area contributed by atoms with Crippen LogP contribution in [0.15, 0.2) is 48.5 Å². The summed E-state index contributed by atoms with van der Waals surface area (Å²) < 4.78 is 28.8. The van der Waals surface area contributed by atoms with Crippen LogP contribution in [0.1, 0.15) is 29.7 Å². The molecular weight excluding hydrogens is 260 g/mol. The summed E-state index contributed by atoms with van der Waals surface area (Å²) in [4.78, 5) is 0. The molecule has 4 heteroatoms. The molecule has 2 aromatic rings. The smallest absolute Gasteiger partial charge is 0.387 e. The second kappa shape index (κ2) is 6.48. The van der Waals surface area contributed by atoms with E-state index in [1.54, 1.807) is 18.2 Å². The molecule has 0 heterocycles. The van der Waals surface area contributed by atoms with Crippen molar-refractivity contribution in [2.75, 3.05) is 0 Å². The van der Waals surface area contributed by atoms with Gasteiger partial charge in [-0.1, -0.05) is 43.3 Å². The van der Waals surface area contributed by atoms with Crippen LogP contribution in [0.3, 0.4) is 0 Å². The summed E-state index contributed by atoms with van der Waals surface area (Å²) in [6, 6.07) is 14.1. The standard InChI is InChI=1S/C16H17F2NO/c1-2-11-6-8-12(9-7-11)15(19)13-4-3-5-14(10-13)20-16(17)18/h3-10,15-16H,2,19H2,1H3. The Morgan fingerprint density at radius 3 is 2.35 bits per heavy atom. The third-order valence-electron chi connectivity index (χ3n) is 3.19. The Bertz CT molecular complexity index is 555. The van der Waals surface area contributed by atoms with Crippen LogP contribution in [0, 0.1) is 0 Å². The number of nitrogens with two attached hydrogens (primary N) is 1. The van der Waals surface area contributed by atoms with Crippen molar-refractivity contribution < 1.29 is 13.5 Å². The number of benzene rings is 2. The molecule has 0 aliphatic carbocycles. The van der Waals surface area contributed by atoms with Crippen molar-refractivity contribution in [1.29, 1.82) is 0 Å². The fraction of sp³-hybridized carbons (Fsp3) is 0.250. The zero-order valence-corrected chi connectivity index (χ0v) is 11.2. The first-order valence-electron chi connectivity index (χ1n) is 6.49. The molecule has 0 aliphatic heterocycles. The van der Waals surface area contributed by atoms with Gasteiger partial charge in [0.2, 0.25) is 0 Å². The van der Waals surface area contributed by atoms with E-state index >= 15 is 0 Å². The van der Waals surface area contributed by atoms with E-state index in [0.717, 1.165) is 17.5 Å². The fourth-order valence-electron chi connectivity index (χ4n) is 2.04. The maximum Gasteiger partial charge on any atom is 0.387 e. The van der Waals surface area contributed by atoms with Gasteiger partial charge in [-0.3, -0.25) is 0 Å². The zero-order chi connectivity index (χ0) is 14.5. The average Bonchev–Trinajstić information content (AvgIpc) is 2.46. The molecule has 0 bridgehead atoms. The molecule has 20 heavy (non-hydrogen) atoms. The third-order valence-corrected chi connectivity index (χ3v) is 3.19. The van der Waals surface area contributed by atoms with E-state index in [2.05, 4.69) is 11.7 Å². The lowest BCUT2D eigenvalue weighted by molar-refractivity contribution is -0.0498. The highest BCUT2D eigenvalue weighted by Crippen LogP contribution is 2.24. The summed E-state index contributed by atoms with van der Waals surface area (Å²) in [5.41, 5.74) is 9.08. The highest BCUT2D eigenvalue weighted by atomic mass is 19.3. The van der Waals surface area contributed by atoms with E-state index in [-0.39, 0.29) is 11.8 Å². The lowest BCUT2D eigenvalue weighted by Crippen LogP contribution is -2.12. The summed E-state index contributed by atoms with van der Waals surface area (Å²) in [5, 5.41) is 0. The van der Waals surface area contributed by atoms with Crippen molar-refractivity contribution >= 4 is 0 Å². The van der Waals surface area contributed by atoms with E-state index < -0.39 is 6.61 Å². The molecule has 106 valence electrons. The van der Waals surface area contributed by atoms with Gasteiger partial charge in [0.05, 0.1) is 6.04 Å². The molecule has 2 rings (SSSR count). The maximum absolute atomic E-state index is 12.2. The predicted octanol–water partition coefficient (Wildman–Crippen LogP) is 3.90. The first kappa shape index (κ1) is 14.5. The summed E-state index contributed by atoms with van der Waals surface area (Å²) in [6.07, 6.45) is 0.966. The quantitative estimate of drug-likeness (QED) is 0.899. The van der Waals surface area contributed by atoms with Crippen LogP contribution in [0.25, 0.3) is 0 Å². The summed E-state index contributed by atoms with van der Waals surface area (Å²) in [5.74, 6) is 0.123. The SMILES string of the molecule is CCc1ccc(C(N)c2cccc(OC(F)F)c2)cc1. The number of hydrogen-bond acceptors (Lipinski definition) is 2. The van der Waals surface area contributed by atoms with Crippen molar-refractivity contribution in [3.63, 3.8) is 0 Å². The summed E-state index contributed by atoms with van der Waals surface area (Å²) >= 11 is 0. The Labute approximate surface area is 117 Å². The van der Waals surface area contributed by atoms with Crippen LogP contribution < -0.4 is 10.5 Å². The Morgan fingerprint density at radius 1 is 1.05 bits per heavy atom. The first-order valence-corrected chi connectivity index (χ1v) is 6.49. The molecule has 0 saturated heterocycles. The monoisotopic (exact) mass is 277 g/mol. The minimum atomic E-state index is -2.83. The Hall–Kier alpha value is -1.94. The molecule has 0 aromatic heterocycles. The minimum Gasteiger partial charge on any atom is -0.435 e. The molecule has 0 saturated carbocycles. The average molecular weight is 277 g/mol. The van der Waals surface area contributed by atoms with Crippen LogP contribution in [-0.2, 0) is 6.42 Å². The fourth-order valence-corrected chi connectivity index (χ4v) is 2.04. The van der Waals surface area contributed by atoms with Crippen molar-refractivity contribution in [3.8, 4) is 5.75 Å².